The minimum absolute atomic E-state index is 0.455. The maximum absolute atomic E-state index is 5.72. The van der Waals surface area contributed by atoms with Crippen LogP contribution in [0.5, 0.6) is 0 Å². The number of nitrogens with zero attached hydrogens (tertiary/aromatic N) is 2. The molecule has 4 heteroatoms. The Morgan fingerprint density at radius 3 is 2.57 bits per heavy atom. The Bertz CT molecular complexity index is 872. The van der Waals surface area contributed by atoms with Gasteiger partial charge in [0.25, 0.3) is 0 Å². The van der Waals surface area contributed by atoms with Gasteiger partial charge in [0.1, 0.15) is 0 Å². The predicted molar refractivity (Wildman–Crippen MR) is 131 cm³/mol. The fraction of sp³-hybridized carbons (Fsp3) is 0.462. The van der Waals surface area contributed by atoms with Gasteiger partial charge in [-0.1, -0.05) is 39.1 Å². The van der Waals surface area contributed by atoms with Crippen molar-refractivity contribution in [3.63, 3.8) is 0 Å². The summed E-state index contributed by atoms with van der Waals surface area (Å²) in [5.74, 6) is 1.75. The molecule has 1 aromatic rings. The molecule has 0 aliphatic heterocycles. The van der Waals surface area contributed by atoms with Crippen LogP contribution in [-0.4, -0.2) is 18.2 Å². The minimum Gasteiger partial charge on any atom is -0.481 e. The van der Waals surface area contributed by atoms with Gasteiger partial charge in [-0.05, 0) is 70.1 Å². The molecule has 1 saturated carbocycles. The number of aryl methyl sites for hydroxylation is 1. The maximum atomic E-state index is 5.72. The Kier molecular flexibility index (Phi) is 8.64. The quantitative estimate of drug-likeness (QED) is 0.254. The molecule has 1 N–H and O–H groups in total. The molecule has 0 heterocycles. The molecule has 1 aliphatic carbocycles. The molecule has 2 rings (SSSR count). The lowest BCUT2D eigenvalue weighted by atomic mass is 10.0. The van der Waals surface area contributed by atoms with E-state index in [1.54, 1.807) is 0 Å². The number of rotatable bonds is 10. The van der Waals surface area contributed by atoms with Gasteiger partial charge in [0, 0.05) is 34.8 Å². The number of allylic oxidation sites excluding steroid dienone is 1. The van der Waals surface area contributed by atoms with Gasteiger partial charge < -0.3 is 10.1 Å². The first-order chi connectivity index (χ1) is 14.3. The molecule has 1 aromatic carbocycles. The third kappa shape index (κ3) is 6.72. The summed E-state index contributed by atoms with van der Waals surface area (Å²) in [6.07, 6.45) is 5.28. The summed E-state index contributed by atoms with van der Waals surface area (Å²) in [6, 6.07) is 6.20. The molecule has 0 saturated heterocycles. The first kappa shape index (κ1) is 23.7. The topological polar surface area (TPSA) is 46.0 Å². The van der Waals surface area contributed by atoms with Crippen molar-refractivity contribution in [3.8, 4) is 0 Å². The molecule has 4 nitrogen and oxygen atoms in total. The zero-order valence-electron chi connectivity index (χ0n) is 19.5. The summed E-state index contributed by atoms with van der Waals surface area (Å²) < 4.78 is 5.72. The molecular formula is C26H37N3O. The molecule has 0 aromatic heterocycles. The van der Waals surface area contributed by atoms with Gasteiger partial charge in [-0.25, -0.2) is 4.99 Å². The lowest BCUT2D eigenvalue weighted by molar-refractivity contribution is 0.314. The minimum atomic E-state index is 0.455. The summed E-state index contributed by atoms with van der Waals surface area (Å²) in [5.41, 5.74) is 6.80. The van der Waals surface area contributed by atoms with Crippen LogP contribution in [0.3, 0.4) is 0 Å². The average Bonchev–Trinajstić information content (AvgIpc) is 3.57. The van der Waals surface area contributed by atoms with E-state index in [4.69, 9.17) is 4.74 Å². The molecule has 162 valence electrons. The van der Waals surface area contributed by atoms with Crippen molar-refractivity contribution in [2.75, 3.05) is 11.9 Å². The van der Waals surface area contributed by atoms with Gasteiger partial charge in [-0.15, -0.1) is 0 Å². The van der Waals surface area contributed by atoms with Crippen LogP contribution in [0.2, 0.25) is 0 Å². The first-order valence-electron chi connectivity index (χ1n) is 10.9. The SMILES string of the molecule is C=C(Nc1cc(C(=C)N=C(OCC)C2CC2)ccc1C)/C(C)=C/N=C(C)C(C)CC. The zero-order chi connectivity index (χ0) is 22.3. The highest BCUT2D eigenvalue weighted by Gasteiger charge is 2.29. The zero-order valence-corrected chi connectivity index (χ0v) is 19.5. The van der Waals surface area contributed by atoms with E-state index < -0.39 is 0 Å². The molecule has 1 aliphatic rings. The number of benzene rings is 1. The molecule has 0 bridgehead atoms. The number of nitrogens with one attached hydrogen (secondary N) is 1. The summed E-state index contributed by atoms with van der Waals surface area (Å²) >= 11 is 0. The second kappa shape index (κ2) is 11.0. The van der Waals surface area contributed by atoms with Gasteiger partial charge in [0.05, 0.1) is 12.3 Å². The number of hydrogen-bond acceptors (Lipinski definition) is 4. The van der Waals surface area contributed by atoms with E-state index in [9.17, 15) is 0 Å². The molecule has 1 fully saturated rings. The normalized spacial score (nSPS) is 16.3. The molecular weight excluding hydrogens is 370 g/mol. The van der Waals surface area contributed by atoms with Crippen LogP contribution in [-0.2, 0) is 4.74 Å². The summed E-state index contributed by atoms with van der Waals surface area (Å²) in [5, 5.41) is 3.43. The lowest BCUT2D eigenvalue weighted by Gasteiger charge is -2.15. The smallest absolute Gasteiger partial charge is 0.191 e. The second-order valence-electron chi connectivity index (χ2n) is 8.13. The van der Waals surface area contributed by atoms with Gasteiger partial charge >= 0.3 is 0 Å². The van der Waals surface area contributed by atoms with Crippen molar-refractivity contribution in [2.24, 2.45) is 21.8 Å². The predicted octanol–water partition coefficient (Wildman–Crippen LogP) is 7.15. The first-order valence-corrected chi connectivity index (χ1v) is 10.9. The van der Waals surface area contributed by atoms with Crippen LogP contribution >= 0.6 is 0 Å². The maximum Gasteiger partial charge on any atom is 0.191 e. The van der Waals surface area contributed by atoms with E-state index in [-0.39, 0.29) is 0 Å². The van der Waals surface area contributed by atoms with Crippen LogP contribution in [0.1, 0.15) is 65.0 Å². The van der Waals surface area contributed by atoms with Crippen LogP contribution < -0.4 is 5.32 Å². The number of ether oxygens (including phenoxy) is 1. The lowest BCUT2D eigenvalue weighted by Crippen LogP contribution is -2.07. The summed E-state index contributed by atoms with van der Waals surface area (Å²) in [7, 11) is 0. The van der Waals surface area contributed by atoms with E-state index >= 15 is 0 Å². The van der Waals surface area contributed by atoms with Crippen molar-refractivity contribution in [3.05, 3.63) is 60.0 Å². The Morgan fingerprint density at radius 1 is 1.27 bits per heavy atom. The number of aliphatic imine (C=N–C) groups is 2. The van der Waals surface area contributed by atoms with Crippen LogP contribution in [0, 0.1) is 18.8 Å². The highest BCUT2D eigenvalue weighted by Crippen LogP contribution is 2.33. The van der Waals surface area contributed by atoms with Gasteiger partial charge in [-0.3, -0.25) is 4.99 Å². The van der Waals surface area contributed by atoms with Crippen LogP contribution in [0.25, 0.3) is 5.70 Å². The van der Waals surface area contributed by atoms with E-state index in [0.29, 0.717) is 18.4 Å². The Morgan fingerprint density at radius 2 is 1.97 bits per heavy atom. The Labute approximate surface area is 182 Å². The molecule has 0 radical (unpaired) electrons. The third-order valence-electron chi connectivity index (χ3n) is 5.58. The largest absolute Gasteiger partial charge is 0.481 e. The van der Waals surface area contributed by atoms with Gasteiger partial charge in [-0.2, -0.15) is 0 Å². The third-order valence-corrected chi connectivity index (χ3v) is 5.58. The van der Waals surface area contributed by atoms with Crippen molar-refractivity contribution in [2.45, 2.75) is 60.8 Å². The van der Waals surface area contributed by atoms with Crippen LogP contribution in [0.15, 0.2) is 58.8 Å². The Balaban J connectivity index is 2.15. The van der Waals surface area contributed by atoms with E-state index in [1.807, 2.05) is 26.1 Å². The summed E-state index contributed by atoms with van der Waals surface area (Å²) in [6.45, 7) is 21.5. The monoisotopic (exact) mass is 407 g/mol. The van der Waals surface area contributed by atoms with Crippen molar-refractivity contribution >= 4 is 23.0 Å². The second-order valence-corrected chi connectivity index (χ2v) is 8.13. The molecule has 0 amide bonds. The fourth-order valence-corrected chi connectivity index (χ4v) is 2.81. The number of hydrogen-bond donors (Lipinski definition) is 1. The molecule has 0 spiro atoms. The Hall–Kier alpha value is -2.62. The fourth-order valence-electron chi connectivity index (χ4n) is 2.81. The highest BCUT2D eigenvalue weighted by atomic mass is 16.5. The molecule has 1 atom stereocenters. The standard InChI is InChI=1S/C26H37N3O/c1-9-17(3)20(6)27-16-19(5)21(7)28-25-15-24(12-11-18(25)4)22(8)29-26(30-10-2)23-13-14-23/h11-12,15-17,23,28H,7-10,13-14H2,1-6H3/b19-16+,27-20?,29-26?. The summed E-state index contributed by atoms with van der Waals surface area (Å²) in [4.78, 5) is 9.28. The molecule has 1 unspecified atom stereocenters. The van der Waals surface area contributed by atoms with Crippen molar-refractivity contribution in [1.29, 1.82) is 0 Å². The van der Waals surface area contributed by atoms with E-state index in [0.717, 1.165) is 64.7 Å². The van der Waals surface area contributed by atoms with Gasteiger partial charge in [0.15, 0.2) is 5.90 Å². The van der Waals surface area contributed by atoms with Crippen LogP contribution in [0.4, 0.5) is 5.69 Å². The number of anilines is 1. The van der Waals surface area contributed by atoms with Crippen molar-refractivity contribution in [1.82, 2.24) is 0 Å². The van der Waals surface area contributed by atoms with E-state index in [1.165, 1.54) is 0 Å². The highest BCUT2D eigenvalue weighted by molar-refractivity contribution is 5.87. The van der Waals surface area contributed by atoms with E-state index in [2.05, 4.69) is 68.3 Å². The average molecular weight is 408 g/mol. The van der Waals surface area contributed by atoms with Crippen molar-refractivity contribution < 1.29 is 4.74 Å². The molecule has 30 heavy (non-hydrogen) atoms. The van der Waals surface area contributed by atoms with Gasteiger partial charge in [0.2, 0.25) is 0 Å².